The Morgan fingerprint density at radius 2 is 1.93 bits per heavy atom. The number of aliphatic carboxylic acids is 1. The number of likely N-dealkylation sites (tertiary alicyclic amines) is 1. The Hall–Kier alpha value is -2.36. The summed E-state index contributed by atoms with van der Waals surface area (Å²) in [5, 5.41) is 15.1. The molecule has 0 aromatic rings. The Kier molecular flexibility index (Phi) is 7.83. The van der Waals surface area contributed by atoms with Gasteiger partial charge in [-0.15, -0.1) is 0 Å². The zero-order valence-electron chi connectivity index (χ0n) is 15.5. The number of hydrogen-bond donors (Lipinski definition) is 5. The first-order valence-corrected chi connectivity index (χ1v) is 9.49. The lowest BCUT2D eigenvalue weighted by Gasteiger charge is -2.33. The van der Waals surface area contributed by atoms with Crippen LogP contribution in [-0.2, 0) is 14.4 Å². The number of nitrogens with one attached hydrogen (secondary N) is 2. The van der Waals surface area contributed by atoms with Crippen molar-refractivity contribution in [2.75, 3.05) is 26.2 Å². The van der Waals surface area contributed by atoms with E-state index in [1.54, 1.807) is 4.90 Å². The number of amides is 2. The van der Waals surface area contributed by atoms with E-state index in [4.69, 9.17) is 11.5 Å². The highest BCUT2D eigenvalue weighted by atomic mass is 16.4. The number of guanidine groups is 1. The second-order valence-corrected chi connectivity index (χ2v) is 7.10. The third-order valence-electron chi connectivity index (χ3n) is 5.10. The highest BCUT2D eigenvalue weighted by Gasteiger charge is 2.33. The smallest absolute Gasteiger partial charge is 0.326 e. The molecule has 2 atom stereocenters. The normalized spacial score (nSPS) is 21.5. The number of piperidine rings is 1. The SMILES string of the molecule is NC(N)=NCCC[C@@H](NC(=O)C1CCN(C(=O)[C@@H]2CCCN2)CC1)C(=O)O. The van der Waals surface area contributed by atoms with E-state index < -0.39 is 12.0 Å². The fourth-order valence-electron chi connectivity index (χ4n) is 3.53. The van der Waals surface area contributed by atoms with Crippen molar-refractivity contribution in [2.24, 2.45) is 22.4 Å². The number of rotatable bonds is 8. The van der Waals surface area contributed by atoms with Crippen LogP contribution in [0.5, 0.6) is 0 Å². The van der Waals surface area contributed by atoms with E-state index in [-0.39, 0.29) is 36.2 Å². The molecule has 0 saturated carbocycles. The largest absolute Gasteiger partial charge is 0.480 e. The first-order chi connectivity index (χ1) is 12.9. The molecule has 0 unspecified atom stereocenters. The number of carbonyl (C=O) groups is 3. The van der Waals surface area contributed by atoms with Gasteiger partial charge in [0, 0.05) is 25.6 Å². The summed E-state index contributed by atoms with van der Waals surface area (Å²) in [5.74, 6) is -1.55. The number of hydrogen-bond acceptors (Lipinski definition) is 5. The maximum atomic E-state index is 12.4. The Bertz CT molecular complexity index is 564. The van der Waals surface area contributed by atoms with Gasteiger partial charge in [0.05, 0.1) is 6.04 Å². The van der Waals surface area contributed by atoms with Gasteiger partial charge in [-0.2, -0.15) is 0 Å². The lowest BCUT2D eigenvalue weighted by molar-refractivity contribution is -0.143. The zero-order valence-corrected chi connectivity index (χ0v) is 15.5. The molecule has 2 aliphatic heterocycles. The van der Waals surface area contributed by atoms with Crippen molar-refractivity contribution in [3.05, 3.63) is 0 Å². The first kappa shape index (κ1) is 20.9. The summed E-state index contributed by atoms with van der Waals surface area (Å²) in [6.07, 6.45) is 3.67. The van der Waals surface area contributed by atoms with Gasteiger partial charge in [-0.1, -0.05) is 0 Å². The van der Waals surface area contributed by atoms with E-state index in [2.05, 4.69) is 15.6 Å². The molecule has 2 aliphatic rings. The number of carbonyl (C=O) groups excluding carboxylic acids is 2. The molecule has 0 aliphatic carbocycles. The highest BCUT2D eigenvalue weighted by Crippen LogP contribution is 2.20. The predicted octanol–water partition coefficient (Wildman–Crippen LogP) is -1.40. The molecular weight excluding hydrogens is 352 g/mol. The molecule has 27 heavy (non-hydrogen) atoms. The van der Waals surface area contributed by atoms with Gasteiger partial charge in [0.2, 0.25) is 11.8 Å². The van der Waals surface area contributed by atoms with E-state index >= 15 is 0 Å². The van der Waals surface area contributed by atoms with E-state index in [1.165, 1.54) is 0 Å². The maximum absolute atomic E-state index is 12.4. The van der Waals surface area contributed by atoms with Crippen LogP contribution in [-0.4, -0.2) is 72.0 Å². The molecule has 2 fully saturated rings. The van der Waals surface area contributed by atoms with Crippen LogP contribution in [0.15, 0.2) is 4.99 Å². The molecule has 2 heterocycles. The molecule has 2 amide bonds. The molecule has 2 rings (SSSR count). The van der Waals surface area contributed by atoms with Gasteiger partial charge in [0.25, 0.3) is 0 Å². The molecule has 0 radical (unpaired) electrons. The molecule has 152 valence electrons. The molecule has 0 spiro atoms. The van der Waals surface area contributed by atoms with Crippen LogP contribution in [0.1, 0.15) is 38.5 Å². The fourth-order valence-corrected chi connectivity index (χ4v) is 3.53. The summed E-state index contributed by atoms with van der Waals surface area (Å²) in [5.41, 5.74) is 10.5. The Morgan fingerprint density at radius 1 is 1.22 bits per heavy atom. The van der Waals surface area contributed by atoms with Crippen molar-refractivity contribution in [3.63, 3.8) is 0 Å². The van der Waals surface area contributed by atoms with Gasteiger partial charge in [0.15, 0.2) is 5.96 Å². The van der Waals surface area contributed by atoms with Gasteiger partial charge in [-0.3, -0.25) is 14.6 Å². The van der Waals surface area contributed by atoms with Gasteiger partial charge < -0.3 is 32.1 Å². The molecule has 0 aromatic heterocycles. The number of nitrogens with zero attached hydrogens (tertiary/aromatic N) is 2. The molecule has 10 heteroatoms. The lowest BCUT2D eigenvalue weighted by Crippen LogP contribution is -2.50. The van der Waals surface area contributed by atoms with Crippen LogP contribution in [0.3, 0.4) is 0 Å². The molecule has 0 bridgehead atoms. The standard InChI is InChI=1S/C17H30N6O4/c18-17(19)21-8-2-4-13(16(26)27)22-14(24)11-5-9-23(10-6-11)15(25)12-3-1-7-20-12/h11-13,20H,1-10H2,(H,22,24)(H,26,27)(H4,18,19,21)/t12-,13+/m0/s1. The van der Waals surface area contributed by atoms with Crippen LogP contribution < -0.4 is 22.1 Å². The summed E-state index contributed by atoms with van der Waals surface area (Å²) in [4.78, 5) is 41.8. The first-order valence-electron chi connectivity index (χ1n) is 9.49. The molecule has 2 saturated heterocycles. The van der Waals surface area contributed by atoms with Crippen LogP contribution in [0.4, 0.5) is 0 Å². The number of carboxylic acids is 1. The van der Waals surface area contributed by atoms with Gasteiger partial charge in [-0.25, -0.2) is 4.79 Å². The third-order valence-corrected chi connectivity index (χ3v) is 5.10. The van der Waals surface area contributed by atoms with Crippen LogP contribution in [0.2, 0.25) is 0 Å². The Labute approximate surface area is 158 Å². The van der Waals surface area contributed by atoms with Crippen molar-refractivity contribution in [1.29, 1.82) is 0 Å². The van der Waals surface area contributed by atoms with Crippen molar-refractivity contribution in [1.82, 2.24) is 15.5 Å². The summed E-state index contributed by atoms with van der Waals surface area (Å²) in [7, 11) is 0. The minimum absolute atomic E-state index is 0.0416. The third kappa shape index (κ3) is 6.38. The predicted molar refractivity (Wildman–Crippen MR) is 99.8 cm³/mol. The average Bonchev–Trinajstić information content (AvgIpc) is 3.18. The minimum atomic E-state index is -1.08. The van der Waals surface area contributed by atoms with Crippen molar-refractivity contribution in [3.8, 4) is 0 Å². The molecule has 0 aromatic carbocycles. The van der Waals surface area contributed by atoms with Gasteiger partial charge in [0.1, 0.15) is 6.04 Å². The van der Waals surface area contributed by atoms with Crippen LogP contribution in [0.25, 0.3) is 0 Å². The van der Waals surface area contributed by atoms with E-state index in [0.717, 1.165) is 19.4 Å². The van der Waals surface area contributed by atoms with E-state index in [0.29, 0.717) is 38.9 Å². The summed E-state index contributed by atoms with van der Waals surface area (Å²) in [6, 6.07) is -1.06. The summed E-state index contributed by atoms with van der Waals surface area (Å²) >= 11 is 0. The van der Waals surface area contributed by atoms with Gasteiger partial charge >= 0.3 is 5.97 Å². The fraction of sp³-hybridized carbons (Fsp3) is 0.765. The number of nitrogens with two attached hydrogens (primary N) is 2. The van der Waals surface area contributed by atoms with Gasteiger partial charge in [-0.05, 0) is 45.1 Å². The van der Waals surface area contributed by atoms with Crippen molar-refractivity contribution in [2.45, 2.75) is 50.6 Å². The maximum Gasteiger partial charge on any atom is 0.326 e. The average molecular weight is 382 g/mol. The van der Waals surface area contributed by atoms with Crippen molar-refractivity contribution >= 4 is 23.7 Å². The number of carboxylic acid groups (broad SMARTS) is 1. The molecular formula is C17H30N6O4. The molecule has 10 nitrogen and oxygen atoms in total. The summed E-state index contributed by atoms with van der Waals surface area (Å²) < 4.78 is 0. The topological polar surface area (TPSA) is 163 Å². The lowest BCUT2D eigenvalue weighted by atomic mass is 9.94. The van der Waals surface area contributed by atoms with Crippen LogP contribution >= 0.6 is 0 Å². The second kappa shape index (κ2) is 10.1. The monoisotopic (exact) mass is 382 g/mol. The van der Waals surface area contributed by atoms with Crippen LogP contribution in [0, 0.1) is 5.92 Å². The highest BCUT2D eigenvalue weighted by molar-refractivity contribution is 5.86. The molecule has 7 N–H and O–H groups in total. The van der Waals surface area contributed by atoms with Crippen molar-refractivity contribution < 1.29 is 19.5 Å². The minimum Gasteiger partial charge on any atom is -0.480 e. The summed E-state index contributed by atoms with van der Waals surface area (Å²) in [6.45, 7) is 2.24. The Morgan fingerprint density at radius 3 is 2.48 bits per heavy atom. The quantitative estimate of drug-likeness (QED) is 0.196. The van der Waals surface area contributed by atoms with E-state index in [9.17, 15) is 19.5 Å². The number of aliphatic imine (C=N–C) groups is 1. The Balaban J connectivity index is 1.76. The zero-order chi connectivity index (χ0) is 19.8. The van der Waals surface area contributed by atoms with E-state index in [1.807, 2.05) is 0 Å². The second-order valence-electron chi connectivity index (χ2n) is 7.10.